The van der Waals surface area contributed by atoms with Gasteiger partial charge in [0.2, 0.25) is 0 Å². The maximum atomic E-state index is 12.1. The van der Waals surface area contributed by atoms with Gasteiger partial charge in [0.05, 0.1) is 11.4 Å². The molecule has 2 aromatic heterocycles. The van der Waals surface area contributed by atoms with E-state index in [0.29, 0.717) is 16.8 Å². The van der Waals surface area contributed by atoms with Crippen molar-refractivity contribution in [1.29, 1.82) is 0 Å². The van der Waals surface area contributed by atoms with Crippen LogP contribution in [-0.2, 0) is 0 Å². The molecule has 2 heterocycles. The molecule has 0 unspecified atom stereocenters. The Hall–Kier alpha value is -2.10. The summed E-state index contributed by atoms with van der Waals surface area (Å²) in [6.45, 7) is 3.59. The first-order valence-corrected chi connectivity index (χ1v) is 4.94. The van der Waals surface area contributed by atoms with Gasteiger partial charge < -0.3 is 0 Å². The highest BCUT2D eigenvalue weighted by Crippen LogP contribution is 2.11. The third-order valence-electron chi connectivity index (χ3n) is 2.27. The third kappa shape index (κ3) is 1.95. The number of nitrogens with zero attached hydrogens (tertiary/aromatic N) is 3. The quantitative estimate of drug-likeness (QED) is 0.713. The average molecular weight is 213 g/mol. The number of ketones is 1. The van der Waals surface area contributed by atoms with Gasteiger partial charge in [-0.1, -0.05) is 0 Å². The van der Waals surface area contributed by atoms with E-state index in [0.717, 1.165) is 5.69 Å². The molecule has 0 N–H and O–H groups in total. The van der Waals surface area contributed by atoms with Crippen LogP contribution in [0, 0.1) is 13.8 Å². The normalized spacial score (nSPS) is 10.1. The molecule has 0 amide bonds. The van der Waals surface area contributed by atoms with E-state index >= 15 is 0 Å². The molecule has 0 saturated heterocycles. The lowest BCUT2D eigenvalue weighted by atomic mass is 10.0. The first-order valence-electron chi connectivity index (χ1n) is 4.94. The Labute approximate surface area is 93.4 Å². The predicted octanol–water partition coefficient (Wildman–Crippen LogP) is 1.72. The molecule has 2 aromatic rings. The summed E-state index contributed by atoms with van der Waals surface area (Å²) in [4.78, 5) is 16.0. The Bertz CT molecular complexity index is 523. The second-order valence-electron chi connectivity index (χ2n) is 3.56. The van der Waals surface area contributed by atoms with Gasteiger partial charge in [0.15, 0.2) is 5.78 Å². The Kier molecular flexibility index (Phi) is 2.72. The number of hydrogen-bond acceptors (Lipinski definition) is 4. The number of carbonyl (C=O) groups is 1. The molecule has 4 nitrogen and oxygen atoms in total. The molecule has 0 atom stereocenters. The zero-order valence-corrected chi connectivity index (χ0v) is 9.14. The smallest absolute Gasteiger partial charge is 0.196 e. The minimum absolute atomic E-state index is 0.0661. The fourth-order valence-electron chi connectivity index (χ4n) is 1.43. The number of rotatable bonds is 2. The van der Waals surface area contributed by atoms with E-state index < -0.39 is 0 Å². The molecule has 2 rings (SSSR count). The summed E-state index contributed by atoms with van der Waals surface area (Å²) in [6.07, 6.45) is 3.19. The van der Waals surface area contributed by atoms with Crippen molar-refractivity contribution in [2.75, 3.05) is 0 Å². The van der Waals surface area contributed by atoms with Crippen LogP contribution in [0.2, 0.25) is 0 Å². The maximum absolute atomic E-state index is 12.1. The van der Waals surface area contributed by atoms with Gasteiger partial charge >= 0.3 is 0 Å². The molecule has 16 heavy (non-hydrogen) atoms. The third-order valence-corrected chi connectivity index (χ3v) is 2.27. The van der Waals surface area contributed by atoms with E-state index in [-0.39, 0.29) is 5.78 Å². The fourth-order valence-corrected chi connectivity index (χ4v) is 1.43. The van der Waals surface area contributed by atoms with Crippen molar-refractivity contribution in [3.63, 3.8) is 0 Å². The summed E-state index contributed by atoms with van der Waals surface area (Å²) < 4.78 is 0. The summed E-state index contributed by atoms with van der Waals surface area (Å²) in [5.74, 6) is -0.0661. The van der Waals surface area contributed by atoms with Crippen LogP contribution in [0.3, 0.4) is 0 Å². The van der Waals surface area contributed by atoms with Crippen LogP contribution in [0.1, 0.15) is 27.3 Å². The Morgan fingerprint density at radius 2 is 2.06 bits per heavy atom. The predicted molar refractivity (Wildman–Crippen MR) is 59.2 cm³/mol. The molecule has 80 valence electrons. The summed E-state index contributed by atoms with van der Waals surface area (Å²) in [5, 5.41) is 7.83. The second-order valence-corrected chi connectivity index (χ2v) is 3.56. The highest BCUT2D eigenvalue weighted by atomic mass is 16.1. The first kappa shape index (κ1) is 10.4. The van der Waals surface area contributed by atoms with Crippen LogP contribution in [0.25, 0.3) is 0 Å². The number of hydrogen-bond donors (Lipinski definition) is 0. The van der Waals surface area contributed by atoms with Crippen LogP contribution in [0.4, 0.5) is 0 Å². The minimum Gasteiger partial charge on any atom is -0.288 e. The monoisotopic (exact) mass is 213 g/mol. The van der Waals surface area contributed by atoms with E-state index in [4.69, 9.17) is 0 Å². The number of pyridine rings is 1. The lowest BCUT2D eigenvalue weighted by Gasteiger charge is -2.03. The van der Waals surface area contributed by atoms with Gasteiger partial charge in [0.1, 0.15) is 0 Å². The van der Waals surface area contributed by atoms with Gasteiger partial charge in [-0.15, -0.1) is 0 Å². The molecular weight excluding hydrogens is 202 g/mol. The van der Waals surface area contributed by atoms with E-state index in [1.165, 1.54) is 0 Å². The standard InChI is InChI=1S/C12H11N3O/c1-8-6-11(9(2)15-14-8)12(16)10-4-3-5-13-7-10/h3-7H,1-2H3. The zero-order valence-electron chi connectivity index (χ0n) is 9.14. The summed E-state index contributed by atoms with van der Waals surface area (Å²) in [7, 11) is 0. The summed E-state index contributed by atoms with van der Waals surface area (Å²) >= 11 is 0. The van der Waals surface area contributed by atoms with Crippen LogP contribution in [-0.4, -0.2) is 21.0 Å². The molecule has 4 heteroatoms. The summed E-state index contributed by atoms with van der Waals surface area (Å²) in [5.41, 5.74) is 2.52. The van der Waals surface area contributed by atoms with E-state index in [1.54, 1.807) is 37.5 Å². The highest BCUT2D eigenvalue weighted by Gasteiger charge is 2.13. The topological polar surface area (TPSA) is 55.7 Å². The number of aryl methyl sites for hydroxylation is 2. The highest BCUT2D eigenvalue weighted by molar-refractivity contribution is 6.09. The van der Waals surface area contributed by atoms with Gasteiger partial charge in [-0.05, 0) is 32.0 Å². The molecule has 0 aliphatic rings. The van der Waals surface area contributed by atoms with E-state index in [1.807, 2.05) is 6.92 Å². The molecule has 0 saturated carbocycles. The van der Waals surface area contributed by atoms with Gasteiger partial charge in [0, 0.05) is 23.5 Å². The second kappa shape index (κ2) is 4.18. The van der Waals surface area contributed by atoms with Crippen LogP contribution in [0.15, 0.2) is 30.6 Å². The largest absolute Gasteiger partial charge is 0.288 e. The van der Waals surface area contributed by atoms with E-state index in [9.17, 15) is 4.79 Å². The Morgan fingerprint density at radius 1 is 1.25 bits per heavy atom. The van der Waals surface area contributed by atoms with Gasteiger partial charge in [-0.2, -0.15) is 10.2 Å². The van der Waals surface area contributed by atoms with Crippen molar-refractivity contribution in [2.24, 2.45) is 0 Å². The fraction of sp³-hybridized carbons (Fsp3) is 0.167. The molecule has 0 spiro atoms. The SMILES string of the molecule is Cc1cc(C(=O)c2cccnc2)c(C)nn1. The molecule has 0 aliphatic heterocycles. The Morgan fingerprint density at radius 3 is 2.75 bits per heavy atom. The molecule has 0 fully saturated rings. The maximum Gasteiger partial charge on any atom is 0.196 e. The van der Waals surface area contributed by atoms with Crippen molar-refractivity contribution >= 4 is 5.78 Å². The first-order chi connectivity index (χ1) is 7.68. The average Bonchev–Trinajstić information content (AvgIpc) is 2.32. The number of carbonyl (C=O) groups excluding carboxylic acids is 1. The van der Waals surface area contributed by atoms with Gasteiger partial charge in [-0.3, -0.25) is 9.78 Å². The minimum atomic E-state index is -0.0661. The Balaban J connectivity index is 2.46. The van der Waals surface area contributed by atoms with Crippen LogP contribution in [0.5, 0.6) is 0 Å². The molecule has 0 aromatic carbocycles. The molecule has 0 radical (unpaired) electrons. The van der Waals surface area contributed by atoms with Gasteiger partial charge in [0.25, 0.3) is 0 Å². The molecular formula is C12H11N3O. The van der Waals surface area contributed by atoms with Crippen molar-refractivity contribution in [3.8, 4) is 0 Å². The van der Waals surface area contributed by atoms with Gasteiger partial charge in [-0.25, -0.2) is 0 Å². The number of aromatic nitrogens is 3. The van der Waals surface area contributed by atoms with Crippen molar-refractivity contribution in [3.05, 3.63) is 53.1 Å². The molecule has 0 aliphatic carbocycles. The van der Waals surface area contributed by atoms with Crippen LogP contribution >= 0.6 is 0 Å². The van der Waals surface area contributed by atoms with Crippen molar-refractivity contribution in [2.45, 2.75) is 13.8 Å². The summed E-state index contributed by atoms with van der Waals surface area (Å²) in [6, 6.07) is 5.23. The lowest BCUT2D eigenvalue weighted by Crippen LogP contribution is -2.07. The van der Waals surface area contributed by atoms with Crippen molar-refractivity contribution in [1.82, 2.24) is 15.2 Å². The molecule has 0 bridgehead atoms. The van der Waals surface area contributed by atoms with E-state index in [2.05, 4.69) is 15.2 Å². The van der Waals surface area contributed by atoms with Crippen molar-refractivity contribution < 1.29 is 4.79 Å². The lowest BCUT2D eigenvalue weighted by molar-refractivity contribution is 0.103. The van der Waals surface area contributed by atoms with Crippen LogP contribution < -0.4 is 0 Å². The zero-order chi connectivity index (χ0) is 11.5.